The van der Waals surface area contributed by atoms with E-state index in [4.69, 9.17) is 32.7 Å². The lowest BCUT2D eigenvalue weighted by Gasteiger charge is -2.20. The standard InChI is InChI=1S/C12H13Cl2NO3/c1-7(6-13)12(16)15-9-5-11-10(4-8(9)14)17-2-3-18-11/h4-5,7H,2-3,6H2,1H3,(H,15,16). The molecule has 1 aromatic carbocycles. The van der Waals surface area contributed by atoms with Crippen LogP contribution in [-0.2, 0) is 4.79 Å². The quantitative estimate of drug-likeness (QED) is 0.871. The largest absolute Gasteiger partial charge is 0.486 e. The predicted octanol–water partition coefficient (Wildman–Crippen LogP) is 2.92. The molecule has 0 spiro atoms. The van der Waals surface area contributed by atoms with Gasteiger partial charge in [0.15, 0.2) is 11.5 Å². The first-order valence-electron chi connectivity index (χ1n) is 5.57. The summed E-state index contributed by atoms with van der Waals surface area (Å²) in [7, 11) is 0. The number of ether oxygens (including phenoxy) is 2. The summed E-state index contributed by atoms with van der Waals surface area (Å²) in [6.45, 7) is 2.73. The van der Waals surface area contributed by atoms with Gasteiger partial charge in [0.1, 0.15) is 13.2 Å². The molecule has 0 radical (unpaired) electrons. The molecule has 0 aromatic heterocycles. The van der Waals surface area contributed by atoms with Crippen LogP contribution in [0.3, 0.4) is 0 Å². The smallest absolute Gasteiger partial charge is 0.228 e. The number of hydrogen-bond donors (Lipinski definition) is 1. The number of halogens is 2. The topological polar surface area (TPSA) is 47.6 Å². The zero-order valence-corrected chi connectivity index (χ0v) is 11.3. The van der Waals surface area contributed by atoms with E-state index in [-0.39, 0.29) is 17.7 Å². The molecular weight excluding hydrogens is 277 g/mol. The predicted molar refractivity (Wildman–Crippen MR) is 71.0 cm³/mol. The van der Waals surface area contributed by atoms with E-state index in [0.29, 0.717) is 35.4 Å². The summed E-state index contributed by atoms with van der Waals surface area (Å²) < 4.78 is 10.8. The Hall–Kier alpha value is -1.13. The van der Waals surface area contributed by atoms with Crippen molar-refractivity contribution in [2.45, 2.75) is 6.92 Å². The molecule has 1 unspecified atom stereocenters. The van der Waals surface area contributed by atoms with Crippen molar-refractivity contribution in [1.82, 2.24) is 0 Å². The highest BCUT2D eigenvalue weighted by atomic mass is 35.5. The zero-order valence-electron chi connectivity index (χ0n) is 9.83. The van der Waals surface area contributed by atoms with Crippen LogP contribution in [0, 0.1) is 5.92 Å². The summed E-state index contributed by atoms with van der Waals surface area (Å²) in [6.07, 6.45) is 0. The van der Waals surface area contributed by atoms with Gasteiger partial charge in [-0.05, 0) is 0 Å². The van der Waals surface area contributed by atoms with Crippen LogP contribution in [-0.4, -0.2) is 25.0 Å². The lowest BCUT2D eigenvalue weighted by Crippen LogP contribution is -2.22. The Morgan fingerprint density at radius 3 is 2.61 bits per heavy atom. The number of fused-ring (bicyclic) bond motifs is 1. The number of rotatable bonds is 3. The maximum absolute atomic E-state index is 11.7. The third-order valence-corrected chi connectivity index (χ3v) is 3.34. The number of amides is 1. The maximum Gasteiger partial charge on any atom is 0.228 e. The van der Waals surface area contributed by atoms with E-state index < -0.39 is 0 Å². The van der Waals surface area contributed by atoms with Gasteiger partial charge in [-0.25, -0.2) is 0 Å². The monoisotopic (exact) mass is 289 g/mol. The van der Waals surface area contributed by atoms with Crippen molar-refractivity contribution in [3.63, 3.8) is 0 Å². The van der Waals surface area contributed by atoms with Crippen molar-refractivity contribution >= 4 is 34.8 Å². The lowest BCUT2D eigenvalue weighted by molar-refractivity contribution is -0.118. The SMILES string of the molecule is CC(CCl)C(=O)Nc1cc2c(cc1Cl)OCCO2. The molecule has 0 saturated carbocycles. The molecule has 0 bridgehead atoms. The van der Waals surface area contributed by atoms with Crippen LogP contribution in [0.2, 0.25) is 5.02 Å². The van der Waals surface area contributed by atoms with Crippen LogP contribution in [0.5, 0.6) is 11.5 Å². The Labute approximate surface area is 115 Å². The van der Waals surface area contributed by atoms with E-state index in [0.717, 1.165) is 0 Å². The van der Waals surface area contributed by atoms with Crippen molar-refractivity contribution in [2.75, 3.05) is 24.4 Å². The molecule has 1 aromatic rings. The second kappa shape index (κ2) is 5.67. The van der Waals surface area contributed by atoms with E-state index in [1.165, 1.54) is 0 Å². The van der Waals surface area contributed by atoms with Gasteiger partial charge in [-0.2, -0.15) is 0 Å². The summed E-state index contributed by atoms with van der Waals surface area (Å²) in [5.74, 6) is 0.974. The van der Waals surface area contributed by atoms with Gasteiger partial charge in [-0.1, -0.05) is 18.5 Å². The van der Waals surface area contributed by atoms with Crippen molar-refractivity contribution in [2.24, 2.45) is 5.92 Å². The first-order valence-corrected chi connectivity index (χ1v) is 6.49. The van der Waals surface area contributed by atoms with Crippen LogP contribution in [0.1, 0.15) is 6.92 Å². The Balaban J connectivity index is 2.20. The number of anilines is 1. The number of alkyl halides is 1. The van der Waals surface area contributed by atoms with Crippen LogP contribution >= 0.6 is 23.2 Å². The Kier molecular flexibility index (Phi) is 4.19. The highest BCUT2D eigenvalue weighted by Gasteiger charge is 2.18. The molecular formula is C12H13Cl2NO3. The molecule has 1 heterocycles. The first-order chi connectivity index (χ1) is 8.61. The molecule has 1 aliphatic rings. The number of carbonyl (C=O) groups excluding carboxylic acids is 1. The molecule has 1 aliphatic heterocycles. The van der Waals surface area contributed by atoms with Gasteiger partial charge < -0.3 is 14.8 Å². The lowest BCUT2D eigenvalue weighted by atomic mass is 10.2. The average Bonchev–Trinajstić information content (AvgIpc) is 2.38. The minimum Gasteiger partial charge on any atom is -0.486 e. The third kappa shape index (κ3) is 2.82. The zero-order chi connectivity index (χ0) is 13.1. The minimum atomic E-state index is -0.282. The van der Waals surface area contributed by atoms with Gasteiger partial charge in [0.05, 0.1) is 10.7 Å². The van der Waals surface area contributed by atoms with Gasteiger partial charge in [0.25, 0.3) is 0 Å². The summed E-state index contributed by atoms with van der Waals surface area (Å²) in [6, 6.07) is 3.30. The fraction of sp³-hybridized carbons (Fsp3) is 0.417. The van der Waals surface area contributed by atoms with Crippen molar-refractivity contribution in [3.8, 4) is 11.5 Å². The molecule has 0 aliphatic carbocycles. The molecule has 98 valence electrons. The molecule has 1 N–H and O–H groups in total. The Morgan fingerprint density at radius 1 is 1.39 bits per heavy atom. The van der Waals surface area contributed by atoms with Gasteiger partial charge in [0, 0.05) is 23.9 Å². The van der Waals surface area contributed by atoms with E-state index >= 15 is 0 Å². The normalized spacial score (nSPS) is 15.1. The van der Waals surface area contributed by atoms with Crippen LogP contribution in [0.15, 0.2) is 12.1 Å². The molecule has 1 amide bonds. The highest BCUT2D eigenvalue weighted by molar-refractivity contribution is 6.34. The molecule has 0 saturated heterocycles. The van der Waals surface area contributed by atoms with Crippen molar-refractivity contribution in [1.29, 1.82) is 0 Å². The van der Waals surface area contributed by atoms with Crippen molar-refractivity contribution < 1.29 is 14.3 Å². The van der Waals surface area contributed by atoms with Crippen molar-refractivity contribution in [3.05, 3.63) is 17.2 Å². The molecule has 6 heteroatoms. The van der Waals surface area contributed by atoms with E-state index in [2.05, 4.69) is 5.32 Å². The molecule has 1 atom stereocenters. The summed E-state index contributed by atoms with van der Waals surface area (Å²) in [4.78, 5) is 11.7. The van der Waals surface area contributed by atoms with E-state index in [1.807, 2.05) is 0 Å². The molecule has 4 nitrogen and oxygen atoms in total. The van der Waals surface area contributed by atoms with Gasteiger partial charge in [0.2, 0.25) is 5.91 Å². The average molecular weight is 290 g/mol. The molecule has 18 heavy (non-hydrogen) atoms. The Bertz CT molecular complexity index is 465. The highest BCUT2D eigenvalue weighted by Crippen LogP contribution is 2.38. The van der Waals surface area contributed by atoms with E-state index in [1.54, 1.807) is 19.1 Å². The van der Waals surface area contributed by atoms with Gasteiger partial charge in [-0.15, -0.1) is 11.6 Å². The Morgan fingerprint density at radius 2 is 2.00 bits per heavy atom. The summed E-state index contributed by atoms with van der Waals surface area (Å²) in [5, 5.41) is 3.13. The minimum absolute atomic E-state index is 0.177. The molecule has 0 fully saturated rings. The maximum atomic E-state index is 11.7. The fourth-order valence-corrected chi connectivity index (χ4v) is 1.83. The fourth-order valence-electron chi connectivity index (χ4n) is 1.49. The van der Waals surface area contributed by atoms with Gasteiger partial charge in [-0.3, -0.25) is 4.79 Å². The summed E-state index contributed by atoms with van der Waals surface area (Å²) in [5.41, 5.74) is 0.503. The number of nitrogens with one attached hydrogen (secondary N) is 1. The third-order valence-electron chi connectivity index (χ3n) is 2.57. The second-order valence-electron chi connectivity index (χ2n) is 4.02. The first kappa shape index (κ1) is 13.3. The van der Waals surface area contributed by atoms with E-state index in [9.17, 15) is 4.79 Å². The number of carbonyl (C=O) groups is 1. The van der Waals surface area contributed by atoms with Crippen LogP contribution < -0.4 is 14.8 Å². The molecule has 2 rings (SSSR count). The van der Waals surface area contributed by atoms with Crippen LogP contribution in [0.25, 0.3) is 0 Å². The summed E-state index contributed by atoms with van der Waals surface area (Å²) >= 11 is 11.7. The number of hydrogen-bond acceptors (Lipinski definition) is 3. The van der Waals surface area contributed by atoms with Gasteiger partial charge >= 0.3 is 0 Å². The van der Waals surface area contributed by atoms with Crippen LogP contribution in [0.4, 0.5) is 5.69 Å². The second-order valence-corrected chi connectivity index (χ2v) is 4.74. The number of benzene rings is 1.